The van der Waals surface area contributed by atoms with E-state index >= 15 is 0 Å². The number of hydrogen-bond donors (Lipinski definition) is 2. The Morgan fingerprint density at radius 2 is 1.73 bits per heavy atom. The summed E-state index contributed by atoms with van der Waals surface area (Å²) >= 11 is 0. The van der Waals surface area contributed by atoms with Crippen molar-refractivity contribution < 1.29 is 9.59 Å². The Balaban J connectivity index is 1.45. The van der Waals surface area contributed by atoms with Gasteiger partial charge in [0.15, 0.2) is 0 Å². The lowest BCUT2D eigenvalue weighted by molar-refractivity contribution is 0.0981. The van der Waals surface area contributed by atoms with Gasteiger partial charge in [-0.1, -0.05) is 48.0 Å². The maximum Gasteiger partial charge on any atom is 0.319 e. The SMILES string of the molecule is Cc1ccc(NC(=O)NCc2ccc3c(c2)N(C(=O)c2ccccc2)C(C)C3)cc1. The van der Waals surface area contributed by atoms with Gasteiger partial charge in [-0.25, -0.2) is 4.79 Å². The highest BCUT2D eigenvalue weighted by molar-refractivity contribution is 6.07. The van der Waals surface area contributed by atoms with Crippen LogP contribution in [0.15, 0.2) is 72.8 Å². The molecule has 1 aliphatic rings. The lowest BCUT2D eigenvalue weighted by Gasteiger charge is -2.23. The Labute approximate surface area is 176 Å². The predicted molar refractivity (Wildman–Crippen MR) is 120 cm³/mol. The van der Waals surface area contributed by atoms with Gasteiger partial charge in [-0.3, -0.25) is 4.79 Å². The second-order valence-electron chi connectivity index (χ2n) is 7.73. The van der Waals surface area contributed by atoms with Crippen LogP contribution >= 0.6 is 0 Å². The largest absolute Gasteiger partial charge is 0.334 e. The third-order valence-electron chi connectivity index (χ3n) is 5.37. The van der Waals surface area contributed by atoms with E-state index in [4.69, 9.17) is 0 Å². The van der Waals surface area contributed by atoms with Gasteiger partial charge >= 0.3 is 6.03 Å². The number of benzene rings is 3. The molecule has 0 fully saturated rings. The molecule has 0 radical (unpaired) electrons. The normalized spacial score (nSPS) is 14.9. The number of urea groups is 1. The number of aryl methyl sites for hydroxylation is 1. The highest BCUT2D eigenvalue weighted by Gasteiger charge is 2.31. The van der Waals surface area contributed by atoms with E-state index in [0.717, 1.165) is 34.5 Å². The van der Waals surface area contributed by atoms with Gasteiger partial charge in [0.05, 0.1) is 0 Å². The molecule has 1 atom stereocenters. The monoisotopic (exact) mass is 399 g/mol. The molecule has 3 aromatic carbocycles. The number of anilines is 2. The van der Waals surface area contributed by atoms with E-state index in [9.17, 15) is 9.59 Å². The quantitative estimate of drug-likeness (QED) is 0.655. The first-order valence-corrected chi connectivity index (χ1v) is 10.1. The molecule has 0 aromatic heterocycles. The van der Waals surface area contributed by atoms with Gasteiger partial charge in [0.2, 0.25) is 0 Å². The summed E-state index contributed by atoms with van der Waals surface area (Å²) < 4.78 is 0. The fraction of sp³-hybridized carbons (Fsp3) is 0.200. The summed E-state index contributed by atoms with van der Waals surface area (Å²) in [5, 5.41) is 5.72. The van der Waals surface area contributed by atoms with Crippen molar-refractivity contribution in [3.63, 3.8) is 0 Å². The number of hydrogen-bond acceptors (Lipinski definition) is 2. The highest BCUT2D eigenvalue weighted by atomic mass is 16.2. The zero-order chi connectivity index (χ0) is 21.1. The molecule has 152 valence electrons. The molecular weight excluding hydrogens is 374 g/mol. The first kappa shape index (κ1) is 19.7. The zero-order valence-electron chi connectivity index (χ0n) is 17.2. The van der Waals surface area contributed by atoms with E-state index in [-0.39, 0.29) is 18.0 Å². The van der Waals surface area contributed by atoms with Crippen LogP contribution in [0.1, 0.15) is 34.0 Å². The van der Waals surface area contributed by atoms with Crippen molar-refractivity contribution in [3.8, 4) is 0 Å². The Morgan fingerprint density at radius 1 is 1.00 bits per heavy atom. The van der Waals surface area contributed by atoms with E-state index < -0.39 is 0 Å². The summed E-state index contributed by atoms with van der Waals surface area (Å²) in [7, 11) is 0. The van der Waals surface area contributed by atoms with Gasteiger partial charge in [-0.05, 0) is 61.7 Å². The third kappa shape index (κ3) is 4.20. The molecule has 0 saturated carbocycles. The smallest absolute Gasteiger partial charge is 0.319 e. The molecular formula is C25H25N3O2. The van der Waals surface area contributed by atoms with Crippen LogP contribution in [0.4, 0.5) is 16.2 Å². The lowest BCUT2D eigenvalue weighted by atomic mass is 10.1. The summed E-state index contributed by atoms with van der Waals surface area (Å²) in [5.74, 6) is 0.00377. The van der Waals surface area contributed by atoms with Crippen molar-refractivity contribution in [3.05, 3.63) is 95.1 Å². The molecule has 3 aromatic rings. The van der Waals surface area contributed by atoms with Crippen LogP contribution in [0.2, 0.25) is 0 Å². The highest BCUT2D eigenvalue weighted by Crippen LogP contribution is 2.34. The van der Waals surface area contributed by atoms with Gasteiger partial charge < -0.3 is 15.5 Å². The van der Waals surface area contributed by atoms with E-state index in [1.807, 2.05) is 78.6 Å². The molecule has 0 aliphatic carbocycles. The first-order valence-electron chi connectivity index (χ1n) is 10.1. The molecule has 3 amide bonds. The summed E-state index contributed by atoms with van der Waals surface area (Å²) in [6.45, 7) is 4.45. The summed E-state index contributed by atoms with van der Waals surface area (Å²) in [4.78, 5) is 27.2. The molecule has 30 heavy (non-hydrogen) atoms. The van der Waals surface area contributed by atoms with Gasteiger partial charge in [0.1, 0.15) is 0 Å². The second-order valence-corrected chi connectivity index (χ2v) is 7.73. The average Bonchev–Trinajstić information content (AvgIpc) is 3.09. The summed E-state index contributed by atoms with van der Waals surface area (Å²) in [6, 6.07) is 22.9. The van der Waals surface area contributed by atoms with Gasteiger partial charge in [-0.2, -0.15) is 0 Å². The number of carbonyl (C=O) groups excluding carboxylic acids is 2. The Hall–Kier alpha value is -3.60. The van der Waals surface area contributed by atoms with E-state index in [2.05, 4.69) is 23.6 Å². The van der Waals surface area contributed by atoms with Crippen LogP contribution in [0.25, 0.3) is 0 Å². The molecule has 2 N–H and O–H groups in total. The maximum absolute atomic E-state index is 13.1. The predicted octanol–water partition coefficient (Wildman–Crippen LogP) is 4.91. The van der Waals surface area contributed by atoms with Crippen molar-refractivity contribution in [2.75, 3.05) is 10.2 Å². The molecule has 4 rings (SSSR count). The van der Waals surface area contributed by atoms with Crippen molar-refractivity contribution in [1.82, 2.24) is 5.32 Å². The topological polar surface area (TPSA) is 61.4 Å². The number of amides is 3. The maximum atomic E-state index is 13.1. The Morgan fingerprint density at radius 3 is 2.47 bits per heavy atom. The van der Waals surface area contributed by atoms with Gasteiger partial charge in [0.25, 0.3) is 5.91 Å². The van der Waals surface area contributed by atoms with Crippen molar-refractivity contribution in [1.29, 1.82) is 0 Å². The number of nitrogens with one attached hydrogen (secondary N) is 2. The fourth-order valence-electron chi connectivity index (χ4n) is 3.79. The number of carbonyl (C=O) groups is 2. The van der Waals surface area contributed by atoms with Crippen LogP contribution in [0.5, 0.6) is 0 Å². The standard InChI is InChI=1S/C25H25N3O2/c1-17-8-12-22(13-9-17)27-25(30)26-16-19-10-11-21-14-18(2)28(23(21)15-19)24(29)20-6-4-3-5-7-20/h3-13,15,18H,14,16H2,1-2H3,(H2,26,27,30). The zero-order valence-corrected chi connectivity index (χ0v) is 17.2. The van der Waals surface area contributed by atoms with E-state index in [1.54, 1.807) is 0 Å². The molecule has 0 spiro atoms. The van der Waals surface area contributed by atoms with E-state index in [0.29, 0.717) is 12.1 Å². The van der Waals surface area contributed by atoms with Crippen LogP contribution in [-0.2, 0) is 13.0 Å². The third-order valence-corrected chi connectivity index (χ3v) is 5.37. The first-order chi connectivity index (χ1) is 14.5. The minimum absolute atomic E-state index is 0.00377. The van der Waals surface area contributed by atoms with Crippen LogP contribution < -0.4 is 15.5 Å². The molecule has 1 aliphatic heterocycles. The van der Waals surface area contributed by atoms with Crippen molar-refractivity contribution in [2.24, 2.45) is 0 Å². The average molecular weight is 399 g/mol. The van der Waals surface area contributed by atoms with Crippen LogP contribution in [0, 0.1) is 6.92 Å². The number of fused-ring (bicyclic) bond motifs is 1. The molecule has 1 heterocycles. The molecule has 5 heteroatoms. The fourth-order valence-corrected chi connectivity index (χ4v) is 3.79. The van der Waals surface area contributed by atoms with E-state index in [1.165, 1.54) is 0 Å². The number of nitrogens with zero attached hydrogens (tertiary/aromatic N) is 1. The molecule has 1 unspecified atom stereocenters. The number of rotatable bonds is 4. The van der Waals surface area contributed by atoms with Gasteiger partial charge in [-0.15, -0.1) is 0 Å². The molecule has 0 saturated heterocycles. The molecule has 5 nitrogen and oxygen atoms in total. The van der Waals surface area contributed by atoms with Crippen molar-refractivity contribution >= 4 is 23.3 Å². The minimum atomic E-state index is -0.259. The Kier molecular flexibility index (Phi) is 5.53. The second kappa shape index (κ2) is 8.41. The minimum Gasteiger partial charge on any atom is -0.334 e. The summed E-state index contributed by atoms with van der Waals surface area (Å²) in [6.07, 6.45) is 0.829. The van der Waals surface area contributed by atoms with Crippen LogP contribution in [0.3, 0.4) is 0 Å². The lowest BCUT2D eigenvalue weighted by Crippen LogP contribution is -2.35. The van der Waals surface area contributed by atoms with Crippen molar-refractivity contribution in [2.45, 2.75) is 32.9 Å². The summed E-state index contributed by atoms with van der Waals surface area (Å²) in [5.41, 5.74) is 5.60. The van der Waals surface area contributed by atoms with Crippen LogP contribution in [-0.4, -0.2) is 18.0 Å². The molecule has 0 bridgehead atoms. The van der Waals surface area contributed by atoms with Gasteiger partial charge in [0, 0.05) is 29.5 Å². The Bertz CT molecular complexity index is 1060.